The highest BCUT2D eigenvalue weighted by molar-refractivity contribution is 5.82. The number of esters is 1. The van der Waals surface area contributed by atoms with Crippen molar-refractivity contribution in [1.82, 2.24) is 10.9 Å². The number of epoxide rings is 1. The average molecular weight is 565 g/mol. The predicted octanol–water partition coefficient (Wildman–Crippen LogP) is 0.178. The Bertz CT molecular complexity index is 1000. The number of anilines is 2. The van der Waals surface area contributed by atoms with E-state index in [1.165, 1.54) is 0 Å². The summed E-state index contributed by atoms with van der Waals surface area (Å²) in [4.78, 5) is 44.0. The molecular weight excluding hydrogens is 528 g/mol. The van der Waals surface area contributed by atoms with Crippen LogP contribution in [0.3, 0.4) is 0 Å². The highest BCUT2D eigenvalue weighted by Gasteiger charge is 2.19. The Morgan fingerprint density at radius 2 is 1.23 bits per heavy atom. The molecule has 14 heteroatoms. The van der Waals surface area contributed by atoms with Crippen molar-refractivity contribution >= 4 is 35.1 Å². The maximum Gasteiger partial charge on any atom is 0.306 e. The summed E-state index contributed by atoms with van der Waals surface area (Å²) in [5.41, 5.74) is 11.7. The molecule has 0 aliphatic carbocycles. The number of carbonyl (C=O) groups is 4. The van der Waals surface area contributed by atoms with Gasteiger partial charge in [-0.2, -0.15) is 0 Å². The van der Waals surface area contributed by atoms with Crippen LogP contribution in [0, 0.1) is 0 Å². The number of rotatable bonds is 14. The Kier molecular flexibility index (Phi) is 17.5. The number of hydrazine groups is 2. The Balaban J connectivity index is 0.000000349. The maximum atomic E-state index is 11.5. The van der Waals surface area contributed by atoms with Gasteiger partial charge in [0.15, 0.2) is 0 Å². The van der Waals surface area contributed by atoms with Crippen molar-refractivity contribution in [3.05, 3.63) is 60.7 Å². The topological polar surface area (TPSA) is 219 Å². The van der Waals surface area contributed by atoms with Gasteiger partial charge >= 0.3 is 11.9 Å². The average Bonchev–Trinajstić information content (AvgIpc) is 3.82. The number of ether oxygens (including phenoxy) is 2. The molecule has 1 fully saturated rings. The molecule has 2 aromatic rings. The third-order valence-corrected chi connectivity index (χ3v) is 4.67. The Labute approximate surface area is 231 Å². The lowest BCUT2D eigenvalue weighted by Gasteiger charge is -2.12. The van der Waals surface area contributed by atoms with E-state index in [-0.39, 0.29) is 50.2 Å². The van der Waals surface area contributed by atoms with Crippen LogP contribution in [0.25, 0.3) is 0 Å². The number of para-hydroxylation sites is 2. The summed E-state index contributed by atoms with van der Waals surface area (Å²) in [7, 11) is 0. The molecule has 1 aliphatic heterocycles. The number of aliphatic hydroxyl groups excluding tert-OH is 3. The number of aliphatic hydroxyl groups is 3. The van der Waals surface area contributed by atoms with Crippen LogP contribution < -0.4 is 21.7 Å². The molecule has 0 radical (unpaired) electrons. The van der Waals surface area contributed by atoms with Gasteiger partial charge in [-0.15, -0.1) is 0 Å². The molecule has 14 nitrogen and oxygen atoms in total. The molecule has 1 aliphatic rings. The van der Waals surface area contributed by atoms with E-state index in [9.17, 15) is 19.2 Å². The summed E-state index contributed by atoms with van der Waals surface area (Å²) in [5.74, 6) is -2.34. The number of carboxylic acid groups (broad SMARTS) is 1. The fraction of sp³-hybridized carbons (Fsp3) is 0.385. The standard InChI is InChI=1S/C13H18N2O5.C10H12N2O3.C3H6O2/c16-8-11(9-17)20-13(19)7-6-12(18)15-14-10-4-2-1-3-5-10;13-9(6-7-10(14)15)12-11-8-4-2-1-3-5-8;4-1-3-2-5-3/h1-5,11,14,16-17H,6-9H2,(H,15,18);1-5,11H,6-7H2,(H,12,13)(H,14,15);3-4H,1-2H2. The number of aliphatic carboxylic acids is 1. The highest BCUT2D eigenvalue weighted by atomic mass is 16.6. The molecule has 0 aromatic heterocycles. The Hall–Kier alpha value is -4.24. The summed E-state index contributed by atoms with van der Waals surface area (Å²) in [6, 6.07) is 18.1. The lowest BCUT2D eigenvalue weighted by atomic mass is 10.3. The first kappa shape index (κ1) is 33.8. The lowest BCUT2D eigenvalue weighted by Crippen LogP contribution is -2.30. The summed E-state index contributed by atoms with van der Waals surface area (Å²) >= 11 is 0. The van der Waals surface area contributed by atoms with Crippen molar-refractivity contribution in [3.8, 4) is 0 Å². The van der Waals surface area contributed by atoms with Crippen LogP contribution in [0.1, 0.15) is 25.7 Å². The van der Waals surface area contributed by atoms with Gasteiger partial charge in [0, 0.05) is 12.8 Å². The van der Waals surface area contributed by atoms with Crippen molar-refractivity contribution in [1.29, 1.82) is 0 Å². The molecule has 0 saturated carbocycles. The van der Waals surface area contributed by atoms with Gasteiger partial charge in [-0.25, -0.2) is 0 Å². The predicted molar refractivity (Wildman–Crippen MR) is 143 cm³/mol. The van der Waals surface area contributed by atoms with Gasteiger partial charge in [-0.1, -0.05) is 36.4 Å². The molecule has 3 rings (SSSR count). The van der Waals surface area contributed by atoms with Gasteiger partial charge < -0.3 is 29.9 Å². The molecule has 0 bridgehead atoms. The molecule has 220 valence electrons. The lowest BCUT2D eigenvalue weighted by molar-refractivity contribution is -0.154. The summed E-state index contributed by atoms with van der Waals surface area (Å²) in [6.45, 7) is 0.0461. The maximum absolute atomic E-state index is 11.5. The van der Waals surface area contributed by atoms with Gasteiger partial charge in [0.2, 0.25) is 11.8 Å². The number of nitrogens with one attached hydrogen (secondary N) is 4. The molecule has 1 unspecified atom stereocenters. The van der Waals surface area contributed by atoms with Gasteiger partial charge in [0.25, 0.3) is 0 Å². The van der Waals surface area contributed by atoms with E-state index >= 15 is 0 Å². The normalized spacial score (nSPS) is 12.8. The fourth-order valence-electron chi connectivity index (χ4n) is 2.44. The van der Waals surface area contributed by atoms with Crippen LogP contribution in [0.5, 0.6) is 0 Å². The van der Waals surface area contributed by atoms with Crippen LogP contribution in [-0.4, -0.2) is 82.8 Å². The molecule has 8 N–H and O–H groups in total. The largest absolute Gasteiger partial charge is 0.481 e. The highest BCUT2D eigenvalue weighted by Crippen LogP contribution is 2.05. The number of benzene rings is 2. The molecule has 1 atom stereocenters. The van der Waals surface area contributed by atoms with E-state index in [0.717, 1.165) is 18.0 Å². The molecule has 2 amide bonds. The van der Waals surface area contributed by atoms with Crippen LogP contribution in [0.2, 0.25) is 0 Å². The zero-order valence-corrected chi connectivity index (χ0v) is 21.8. The zero-order chi connectivity index (χ0) is 29.6. The van der Waals surface area contributed by atoms with Gasteiger partial charge in [0.1, 0.15) is 12.2 Å². The minimum Gasteiger partial charge on any atom is -0.481 e. The monoisotopic (exact) mass is 564 g/mol. The van der Waals surface area contributed by atoms with E-state index in [1.807, 2.05) is 36.4 Å². The number of carbonyl (C=O) groups excluding carboxylic acids is 3. The summed E-state index contributed by atoms with van der Waals surface area (Å²) in [6.07, 6.45) is -1.12. The first-order chi connectivity index (χ1) is 19.3. The van der Waals surface area contributed by atoms with E-state index in [2.05, 4.69) is 26.4 Å². The van der Waals surface area contributed by atoms with Crippen molar-refractivity contribution in [2.45, 2.75) is 37.9 Å². The molecule has 2 aromatic carbocycles. The van der Waals surface area contributed by atoms with Crippen molar-refractivity contribution < 1.29 is 49.1 Å². The third-order valence-electron chi connectivity index (χ3n) is 4.67. The molecule has 1 saturated heterocycles. The smallest absolute Gasteiger partial charge is 0.306 e. The molecular formula is C26H36N4O10. The van der Waals surface area contributed by atoms with E-state index in [4.69, 9.17) is 25.2 Å². The van der Waals surface area contributed by atoms with Gasteiger partial charge in [-0.3, -0.25) is 40.9 Å². The van der Waals surface area contributed by atoms with E-state index < -0.39 is 31.3 Å². The van der Waals surface area contributed by atoms with Crippen LogP contribution in [-0.2, 0) is 28.7 Å². The van der Waals surface area contributed by atoms with Crippen molar-refractivity contribution in [3.63, 3.8) is 0 Å². The SMILES string of the molecule is O=C(CCC(=O)OC(CO)CO)NNc1ccccc1.O=C(O)CCC(=O)NNc1ccccc1.OCC1CO1. The van der Waals surface area contributed by atoms with Crippen LogP contribution in [0.15, 0.2) is 60.7 Å². The van der Waals surface area contributed by atoms with Crippen LogP contribution in [0.4, 0.5) is 11.4 Å². The Morgan fingerprint density at radius 3 is 1.57 bits per heavy atom. The Morgan fingerprint density at radius 1 is 0.775 bits per heavy atom. The molecule has 0 spiro atoms. The molecule has 40 heavy (non-hydrogen) atoms. The van der Waals surface area contributed by atoms with Crippen molar-refractivity contribution in [2.75, 3.05) is 37.3 Å². The first-order valence-corrected chi connectivity index (χ1v) is 12.3. The van der Waals surface area contributed by atoms with E-state index in [0.29, 0.717) is 0 Å². The summed E-state index contributed by atoms with van der Waals surface area (Å²) < 4.78 is 9.33. The van der Waals surface area contributed by atoms with Gasteiger partial charge in [-0.05, 0) is 24.3 Å². The summed E-state index contributed by atoms with van der Waals surface area (Å²) in [5, 5.41) is 33.9. The second-order valence-electron chi connectivity index (χ2n) is 8.09. The second kappa shape index (κ2) is 20.7. The number of carboxylic acids is 1. The minimum atomic E-state index is -0.982. The number of amides is 2. The zero-order valence-electron chi connectivity index (χ0n) is 21.8. The van der Waals surface area contributed by atoms with Crippen LogP contribution >= 0.6 is 0 Å². The fourth-order valence-corrected chi connectivity index (χ4v) is 2.44. The van der Waals surface area contributed by atoms with Gasteiger partial charge in [0.05, 0.1) is 50.6 Å². The quantitative estimate of drug-likeness (QED) is 0.0875. The molecule has 1 heterocycles. The second-order valence-corrected chi connectivity index (χ2v) is 8.09. The first-order valence-electron chi connectivity index (χ1n) is 12.3. The minimum absolute atomic E-state index is 0.0326. The van der Waals surface area contributed by atoms with Crippen molar-refractivity contribution in [2.24, 2.45) is 0 Å². The van der Waals surface area contributed by atoms with E-state index in [1.54, 1.807) is 24.3 Å². The number of hydrogen-bond acceptors (Lipinski definition) is 11. The third kappa shape index (κ3) is 18.1. The number of hydrogen-bond donors (Lipinski definition) is 8.